The summed E-state index contributed by atoms with van der Waals surface area (Å²) < 4.78 is 14.8. The third-order valence-electron chi connectivity index (χ3n) is 1.17. The summed E-state index contributed by atoms with van der Waals surface area (Å²) in [5.41, 5.74) is 0. The van der Waals surface area contributed by atoms with Crippen molar-refractivity contribution in [2.24, 2.45) is 0 Å². The van der Waals surface area contributed by atoms with Crippen LogP contribution in [0.3, 0.4) is 0 Å². The molecule has 0 N–H and O–H groups in total. The number of thioether (sulfide) groups is 1. The minimum absolute atomic E-state index is 0.156. The van der Waals surface area contributed by atoms with E-state index in [4.69, 9.17) is 0 Å². The van der Waals surface area contributed by atoms with E-state index in [1.807, 2.05) is 12.3 Å². The fourth-order valence-electron chi connectivity index (χ4n) is 0.724. The summed E-state index contributed by atoms with van der Waals surface area (Å²) >= 11 is 6.78. The van der Waals surface area contributed by atoms with E-state index in [1.165, 1.54) is 17.8 Å². The molecule has 1 rings (SSSR count). The standard InChI is InChI=1S/C7H5BrFIS/c1-11-7-5(8)2-4(10)3-6(7)9/h2-3H,1H3. The molecule has 60 valence electrons. The van der Waals surface area contributed by atoms with Crippen LogP contribution < -0.4 is 0 Å². The molecule has 11 heavy (non-hydrogen) atoms. The van der Waals surface area contributed by atoms with Crippen molar-refractivity contribution in [3.63, 3.8) is 0 Å². The maximum absolute atomic E-state index is 13.1. The van der Waals surface area contributed by atoms with Crippen molar-refractivity contribution in [2.45, 2.75) is 4.90 Å². The molecule has 0 unspecified atom stereocenters. The van der Waals surface area contributed by atoms with Crippen LogP contribution in [0.4, 0.5) is 4.39 Å². The molecule has 0 aliphatic rings. The molecule has 0 aromatic heterocycles. The van der Waals surface area contributed by atoms with Gasteiger partial charge in [-0.15, -0.1) is 11.8 Å². The van der Waals surface area contributed by atoms with Crippen molar-refractivity contribution in [1.29, 1.82) is 0 Å². The normalized spacial score (nSPS) is 10.2. The zero-order valence-electron chi connectivity index (χ0n) is 5.70. The minimum atomic E-state index is -0.156. The predicted molar refractivity (Wildman–Crippen MR) is 58.6 cm³/mol. The van der Waals surface area contributed by atoms with Crippen LogP contribution in [0.15, 0.2) is 21.5 Å². The first-order valence-corrected chi connectivity index (χ1v) is 5.93. The van der Waals surface area contributed by atoms with Gasteiger partial charge in [-0.1, -0.05) is 0 Å². The number of hydrogen-bond acceptors (Lipinski definition) is 1. The summed E-state index contributed by atoms with van der Waals surface area (Å²) in [6.45, 7) is 0. The minimum Gasteiger partial charge on any atom is -0.206 e. The summed E-state index contributed by atoms with van der Waals surface area (Å²) in [5.74, 6) is -0.156. The van der Waals surface area contributed by atoms with Crippen LogP contribution in [0.5, 0.6) is 0 Å². The van der Waals surface area contributed by atoms with Gasteiger partial charge in [-0.3, -0.25) is 0 Å². The summed E-state index contributed by atoms with van der Waals surface area (Å²) in [4.78, 5) is 0.672. The molecule has 0 radical (unpaired) electrons. The first-order valence-electron chi connectivity index (χ1n) is 2.83. The summed E-state index contributed by atoms with van der Waals surface area (Å²) in [5, 5.41) is 0. The molecule has 0 saturated heterocycles. The Hall–Kier alpha value is 0.710. The molecule has 4 heteroatoms. The van der Waals surface area contributed by atoms with E-state index in [-0.39, 0.29) is 5.82 Å². The zero-order valence-corrected chi connectivity index (χ0v) is 10.3. The van der Waals surface area contributed by atoms with E-state index in [1.54, 1.807) is 0 Å². The van der Waals surface area contributed by atoms with Crippen LogP contribution in [-0.4, -0.2) is 6.26 Å². The van der Waals surface area contributed by atoms with Crippen LogP contribution in [0.1, 0.15) is 0 Å². The second-order valence-corrected chi connectivity index (χ2v) is 4.82. The van der Waals surface area contributed by atoms with Crippen LogP contribution in [0, 0.1) is 9.39 Å². The largest absolute Gasteiger partial charge is 0.206 e. The van der Waals surface area contributed by atoms with Gasteiger partial charge >= 0.3 is 0 Å². The SMILES string of the molecule is CSc1c(F)cc(I)cc1Br. The maximum atomic E-state index is 13.1. The second kappa shape index (κ2) is 4.09. The van der Waals surface area contributed by atoms with Crippen LogP contribution >= 0.6 is 50.3 Å². The number of benzene rings is 1. The third kappa shape index (κ3) is 2.32. The molecular formula is C7H5BrFIS. The molecule has 0 saturated carbocycles. The molecule has 0 aliphatic heterocycles. The second-order valence-electron chi connectivity index (χ2n) is 1.90. The molecule has 0 atom stereocenters. The first kappa shape index (κ1) is 9.80. The Morgan fingerprint density at radius 1 is 1.55 bits per heavy atom. The smallest absolute Gasteiger partial charge is 0.138 e. The van der Waals surface area contributed by atoms with Gasteiger partial charge < -0.3 is 0 Å². The molecular weight excluding hydrogens is 342 g/mol. The van der Waals surface area contributed by atoms with Crippen molar-refractivity contribution in [3.05, 3.63) is 26.0 Å². The van der Waals surface area contributed by atoms with Gasteiger partial charge in [0.2, 0.25) is 0 Å². The lowest BCUT2D eigenvalue weighted by molar-refractivity contribution is 0.599. The number of halogens is 3. The number of hydrogen-bond donors (Lipinski definition) is 0. The van der Waals surface area contributed by atoms with Gasteiger partial charge in [0, 0.05) is 8.04 Å². The fourth-order valence-corrected chi connectivity index (χ4v) is 3.17. The van der Waals surface area contributed by atoms with E-state index in [2.05, 4.69) is 38.5 Å². The van der Waals surface area contributed by atoms with Crippen molar-refractivity contribution in [1.82, 2.24) is 0 Å². The van der Waals surface area contributed by atoms with Gasteiger partial charge in [0.15, 0.2) is 0 Å². The summed E-state index contributed by atoms with van der Waals surface area (Å²) in [6, 6.07) is 3.42. The van der Waals surface area contributed by atoms with E-state index in [0.29, 0.717) is 4.90 Å². The predicted octanol–water partition coefficient (Wildman–Crippen LogP) is 3.91. The number of rotatable bonds is 1. The van der Waals surface area contributed by atoms with Gasteiger partial charge in [0.1, 0.15) is 5.82 Å². The highest BCUT2D eigenvalue weighted by molar-refractivity contribution is 14.1. The average Bonchev–Trinajstić information content (AvgIpc) is 1.85. The summed E-state index contributed by atoms with van der Waals surface area (Å²) in [6.07, 6.45) is 1.86. The molecule has 0 spiro atoms. The monoisotopic (exact) mass is 346 g/mol. The Morgan fingerprint density at radius 2 is 2.18 bits per heavy atom. The van der Waals surface area contributed by atoms with E-state index < -0.39 is 0 Å². The van der Waals surface area contributed by atoms with E-state index in [0.717, 1.165) is 8.04 Å². The molecule has 0 aliphatic carbocycles. The van der Waals surface area contributed by atoms with Crippen molar-refractivity contribution < 1.29 is 4.39 Å². The average molecular weight is 347 g/mol. The Labute approximate surface area is 91.2 Å². The Kier molecular flexibility index (Phi) is 3.64. The topological polar surface area (TPSA) is 0 Å². The lowest BCUT2D eigenvalue weighted by atomic mass is 10.3. The van der Waals surface area contributed by atoms with Gasteiger partial charge in [-0.05, 0) is 56.9 Å². The molecule has 0 nitrogen and oxygen atoms in total. The van der Waals surface area contributed by atoms with Gasteiger partial charge in [0.05, 0.1) is 4.90 Å². The van der Waals surface area contributed by atoms with E-state index in [9.17, 15) is 4.39 Å². The fraction of sp³-hybridized carbons (Fsp3) is 0.143. The highest BCUT2D eigenvalue weighted by atomic mass is 127. The molecule has 1 aromatic carbocycles. The maximum Gasteiger partial charge on any atom is 0.138 e. The van der Waals surface area contributed by atoms with Crippen molar-refractivity contribution >= 4 is 50.3 Å². The first-order chi connectivity index (χ1) is 5.15. The van der Waals surface area contributed by atoms with Gasteiger partial charge in [-0.2, -0.15) is 0 Å². The van der Waals surface area contributed by atoms with Crippen LogP contribution in [0.25, 0.3) is 0 Å². The third-order valence-corrected chi connectivity index (χ3v) is 3.50. The Bertz CT molecular complexity index is 254. The molecule has 0 heterocycles. The summed E-state index contributed by atoms with van der Waals surface area (Å²) in [7, 11) is 0. The van der Waals surface area contributed by atoms with E-state index >= 15 is 0 Å². The van der Waals surface area contributed by atoms with Crippen molar-refractivity contribution in [2.75, 3.05) is 6.26 Å². The Balaban J connectivity index is 3.25. The van der Waals surface area contributed by atoms with Crippen LogP contribution in [-0.2, 0) is 0 Å². The molecule has 0 fully saturated rings. The molecule has 0 bridgehead atoms. The lowest BCUT2D eigenvalue weighted by Crippen LogP contribution is -1.83. The van der Waals surface area contributed by atoms with Crippen LogP contribution in [0.2, 0.25) is 0 Å². The van der Waals surface area contributed by atoms with Gasteiger partial charge in [0.25, 0.3) is 0 Å². The quantitative estimate of drug-likeness (QED) is 0.548. The zero-order chi connectivity index (χ0) is 8.43. The molecule has 1 aromatic rings. The van der Waals surface area contributed by atoms with Gasteiger partial charge in [-0.25, -0.2) is 4.39 Å². The highest BCUT2D eigenvalue weighted by Gasteiger charge is 2.06. The highest BCUT2D eigenvalue weighted by Crippen LogP contribution is 2.30. The lowest BCUT2D eigenvalue weighted by Gasteiger charge is -2.02. The van der Waals surface area contributed by atoms with Crippen molar-refractivity contribution in [3.8, 4) is 0 Å². The Morgan fingerprint density at radius 3 is 2.64 bits per heavy atom. The molecule has 0 amide bonds.